The number of anilines is 1. The second kappa shape index (κ2) is 7.39. The molecule has 5 nitrogen and oxygen atoms in total. The maximum atomic E-state index is 13.6. The SMILES string of the molecule is C[C@@H](OC(=O)c1cc(Cl)ccn1)C(=O)Nc1ccc(Cl)cc1F. The maximum Gasteiger partial charge on any atom is 0.357 e. The summed E-state index contributed by atoms with van der Waals surface area (Å²) in [7, 11) is 0. The molecule has 1 aromatic heterocycles. The third kappa shape index (κ3) is 4.64. The number of esters is 1. The van der Waals surface area contributed by atoms with E-state index in [-0.39, 0.29) is 16.4 Å². The number of hydrogen-bond acceptors (Lipinski definition) is 4. The molecule has 2 aromatic rings. The molecule has 0 spiro atoms. The molecule has 1 amide bonds. The van der Waals surface area contributed by atoms with Crippen LogP contribution in [0.1, 0.15) is 17.4 Å². The smallest absolute Gasteiger partial charge is 0.357 e. The molecule has 0 fully saturated rings. The summed E-state index contributed by atoms with van der Waals surface area (Å²) in [5, 5.41) is 2.82. The first kappa shape index (κ1) is 17.2. The quantitative estimate of drug-likeness (QED) is 0.847. The van der Waals surface area contributed by atoms with Crippen LogP contribution in [0.25, 0.3) is 0 Å². The highest BCUT2D eigenvalue weighted by molar-refractivity contribution is 6.31. The van der Waals surface area contributed by atoms with Crippen molar-refractivity contribution in [1.82, 2.24) is 4.98 Å². The van der Waals surface area contributed by atoms with E-state index in [0.717, 1.165) is 6.07 Å². The molecule has 8 heteroatoms. The van der Waals surface area contributed by atoms with Crippen LogP contribution < -0.4 is 5.32 Å². The lowest BCUT2D eigenvalue weighted by Crippen LogP contribution is -2.30. The van der Waals surface area contributed by atoms with Crippen molar-refractivity contribution >= 4 is 40.8 Å². The number of benzene rings is 1. The zero-order valence-corrected chi connectivity index (χ0v) is 13.4. The molecule has 23 heavy (non-hydrogen) atoms. The Balaban J connectivity index is 2.01. The number of nitrogens with one attached hydrogen (secondary N) is 1. The van der Waals surface area contributed by atoms with E-state index in [1.165, 1.54) is 37.4 Å². The number of ether oxygens (including phenoxy) is 1. The summed E-state index contributed by atoms with van der Waals surface area (Å²) in [5.41, 5.74) is -0.0991. The number of hydrogen-bond donors (Lipinski definition) is 1. The molecule has 0 unspecified atom stereocenters. The largest absolute Gasteiger partial charge is 0.448 e. The zero-order chi connectivity index (χ0) is 17.0. The molecule has 0 bridgehead atoms. The predicted molar refractivity (Wildman–Crippen MR) is 84.2 cm³/mol. The van der Waals surface area contributed by atoms with E-state index in [0.29, 0.717) is 5.02 Å². The molecule has 0 radical (unpaired) electrons. The van der Waals surface area contributed by atoms with E-state index < -0.39 is 23.8 Å². The minimum absolute atomic E-state index is 0.0326. The van der Waals surface area contributed by atoms with Gasteiger partial charge in [0.25, 0.3) is 5.91 Å². The number of carbonyl (C=O) groups excluding carboxylic acids is 2. The van der Waals surface area contributed by atoms with Gasteiger partial charge in [-0.2, -0.15) is 0 Å². The minimum atomic E-state index is -1.15. The normalized spacial score (nSPS) is 11.7. The van der Waals surface area contributed by atoms with Crippen LogP contribution in [0.5, 0.6) is 0 Å². The molecule has 0 aliphatic carbocycles. The van der Waals surface area contributed by atoms with E-state index in [4.69, 9.17) is 27.9 Å². The third-order valence-corrected chi connectivity index (χ3v) is 3.24. The van der Waals surface area contributed by atoms with Crippen LogP contribution in [0.2, 0.25) is 10.0 Å². The Labute approximate surface area is 141 Å². The van der Waals surface area contributed by atoms with Gasteiger partial charge < -0.3 is 10.1 Å². The molecule has 0 aliphatic heterocycles. The van der Waals surface area contributed by atoms with Crippen LogP contribution in [-0.4, -0.2) is 23.0 Å². The fraction of sp³-hybridized carbons (Fsp3) is 0.133. The summed E-state index contributed by atoms with van der Waals surface area (Å²) in [6, 6.07) is 6.60. The molecule has 120 valence electrons. The van der Waals surface area contributed by atoms with Crippen LogP contribution in [0.3, 0.4) is 0 Å². The predicted octanol–water partition coefficient (Wildman–Crippen LogP) is 3.71. The number of aromatic nitrogens is 1. The Morgan fingerprint density at radius 1 is 1.22 bits per heavy atom. The van der Waals surface area contributed by atoms with Crippen molar-refractivity contribution in [3.63, 3.8) is 0 Å². The van der Waals surface area contributed by atoms with Gasteiger partial charge in [0.2, 0.25) is 0 Å². The molecule has 0 saturated heterocycles. The van der Waals surface area contributed by atoms with Crippen LogP contribution in [0.4, 0.5) is 10.1 Å². The Morgan fingerprint density at radius 3 is 2.57 bits per heavy atom. The molecule has 2 rings (SSSR count). The highest BCUT2D eigenvalue weighted by Crippen LogP contribution is 2.19. The summed E-state index contributed by atoms with van der Waals surface area (Å²) in [4.78, 5) is 27.6. The van der Waals surface area contributed by atoms with Crippen molar-refractivity contribution in [2.45, 2.75) is 13.0 Å². The van der Waals surface area contributed by atoms with Crippen molar-refractivity contribution in [2.75, 3.05) is 5.32 Å². The minimum Gasteiger partial charge on any atom is -0.448 e. The van der Waals surface area contributed by atoms with Gasteiger partial charge in [0.15, 0.2) is 6.10 Å². The maximum absolute atomic E-state index is 13.6. The molecule has 0 aliphatic rings. The Kier molecular flexibility index (Phi) is 5.52. The first-order valence-corrected chi connectivity index (χ1v) is 7.21. The van der Waals surface area contributed by atoms with Crippen LogP contribution >= 0.6 is 23.2 Å². The first-order valence-electron chi connectivity index (χ1n) is 6.45. The highest BCUT2D eigenvalue weighted by Gasteiger charge is 2.21. The first-order chi connectivity index (χ1) is 10.9. The fourth-order valence-electron chi connectivity index (χ4n) is 1.62. The highest BCUT2D eigenvalue weighted by atomic mass is 35.5. The summed E-state index contributed by atoms with van der Waals surface area (Å²) >= 11 is 11.4. The topological polar surface area (TPSA) is 68.3 Å². The van der Waals surface area contributed by atoms with E-state index in [1.807, 2.05) is 0 Å². The standard InChI is InChI=1S/C15H11Cl2FN2O3/c1-8(23-15(22)13-7-10(17)4-5-19-13)14(21)20-12-3-2-9(16)6-11(12)18/h2-8H,1H3,(H,20,21)/t8-/m1/s1. The number of halogens is 3. The zero-order valence-electron chi connectivity index (χ0n) is 11.8. The van der Waals surface area contributed by atoms with Crippen LogP contribution in [0.15, 0.2) is 36.5 Å². The van der Waals surface area contributed by atoms with Crippen LogP contribution in [-0.2, 0) is 9.53 Å². The molecular weight excluding hydrogens is 346 g/mol. The average Bonchev–Trinajstić information content (AvgIpc) is 2.49. The van der Waals surface area contributed by atoms with Gasteiger partial charge in [-0.1, -0.05) is 23.2 Å². The van der Waals surface area contributed by atoms with Gasteiger partial charge in [0, 0.05) is 16.2 Å². The fourth-order valence-corrected chi connectivity index (χ4v) is 1.93. The van der Waals surface area contributed by atoms with Gasteiger partial charge in [-0.05, 0) is 37.3 Å². The number of pyridine rings is 1. The van der Waals surface area contributed by atoms with Crippen molar-refractivity contribution in [1.29, 1.82) is 0 Å². The summed E-state index contributed by atoms with van der Waals surface area (Å²) in [6.07, 6.45) is 0.186. The third-order valence-electron chi connectivity index (χ3n) is 2.77. The molecule has 1 N–H and O–H groups in total. The Bertz CT molecular complexity index is 755. The van der Waals surface area contributed by atoms with Crippen molar-refractivity contribution in [3.05, 3.63) is 58.1 Å². The van der Waals surface area contributed by atoms with Gasteiger partial charge in [0.1, 0.15) is 11.5 Å². The lowest BCUT2D eigenvalue weighted by Gasteiger charge is -2.13. The van der Waals surface area contributed by atoms with Gasteiger partial charge in [0.05, 0.1) is 5.69 Å². The van der Waals surface area contributed by atoms with Crippen LogP contribution in [0, 0.1) is 5.82 Å². The number of carbonyl (C=O) groups is 2. The number of amides is 1. The number of rotatable bonds is 4. The summed E-state index contributed by atoms with van der Waals surface area (Å²) in [5.74, 6) is -2.20. The Morgan fingerprint density at radius 2 is 1.91 bits per heavy atom. The molecular formula is C15H11Cl2FN2O3. The van der Waals surface area contributed by atoms with Crippen molar-refractivity contribution < 1.29 is 18.7 Å². The number of nitrogens with zero attached hydrogens (tertiary/aromatic N) is 1. The second-order valence-electron chi connectivity index (χ2n) is 4.52. The van der Waals surface area contributed by atoms with Crippen molar-refractivity contribution in [2.24, 2.45) is 0 Å². The summed E-state index contributed by atoms with van der Waals surface area (Å²) < 4.78 is 18.6. The van der Waals surface area contributed by atoms with E-state index in [2.05, 4.69) is 10.3 Å². The Hall–Kier alpha value is -2.18. The van der Waals surface area contributed by atoms with E-state index in [1.54, 1.807) is 0 Å². The molecule has 1 heterocycles. The van der Waals surface area contributed by atoms with E-state index >= 15 is 0 Å². The molecule has 1 atom stereocenters. The van der Waals surface area contributed by atoms with E-state index in [9.17, 15) is 14.0 Å². The van der Waals surface area contributed by atoms with Gasteiger partial charge in [-0.15, -0.1) is 0 Å². The molecule has 1 aromatic carbocycles. The second-order valence-corrected chi connectivity index (χ2v) is 5.39. The van der Waals surface area contributed by atoms with Gasteiger partial charge in [-0.25, -0.2) is 14.2 Å². The van der Waals surface area contributed by atoms with Crippen molar-refractivity contribution in [3.8, 4) is 0 Å². The molecule has 0 saturated carbocycles. The monoisotopic (exact) mass is 356 g/mol. The lowest BCUT2D eigenvalue weighted by atomic mass is 10.3. The van der Waals surface area contributed by atoms with Gasteiger partial charge in [-0.3, -0.25) is 4.79 Å². The summed E-state index contributed by atoms with van der Waals surface area (Å²) in [6.45, 7) is 1.35. The average molecular weight is 357 g/mol. The lowest BCUT2D eigenvalue weighted by molar-refractivity contribution is -0.123. The van der Waals surface area contributed by atoms with Gasteiger partial charge >= 0.3 is 5.97 Å².